The van der Waals surface area contributed by atoms with E-state index >= 15 is 0 Å². The number of β-amino-alcohol motifs (C(OH)–C–C–N with tert-alkyl or cyclic N) is 1. The maximum Gasteiger partial charge on any atom is 0.290 e. The van der Waals surface area contributed by atoms with E-state index in [0.717, 1.165) is 0 Å². The lowest BCUT2D eigenvalue weighted by Gasteiger charge is -2.35. The Bertz CT molecular complexity index is 726. The van der Waals surface area contributed by atoms with Gasteiger partial charge in [0.1, 0.15) is 12.4 Å². The number of hydrogen-bond donors (Lipinski definition) is 1. The summed E-state index contributed by atoms with van der Waals surface area (Å²) in [6, 6.07) is 10.5. The van der Waals surface area contributed by atoms with Gasteiger partial charge < -0.3 is 19.2 Å². The van der Waals surface area contributed by atoms with Crippen molar-refractivity contribution >= 4 is 5.91 Å². The molecule has 1 N–H and O–H groups in total. The van der Waals surface area contributed by atoms with Crippen LogP contribution in [-0.4, -0.2) is 35.1 Å². The van der Waals surface area contributed by atoms with Crippen molar-refractivity contribution in [2.24, 2.45) is 0 Å². The molecule has 0 saturated carbocycles. The van der Waals surface area contributed by atoms with Gasteiger partial charge in [-0.25, -0.2) is 0 Å². The summed E-state index contributed by atoms with van der Waals surface area (Å²) in [6.07, 6.45) is 0.987. The molecule has 1 aromatic carbocycles. The molecule has 0 unspecified atom stereocenters. The molecule has 1 fully saturated rings. The standard InChI is InChI=1S/C16H14N2O4/c17-7-11-2-1-3-14(6-11)22-10-12-4-5-21-15(12)16(20)18-8-13(19)9-18/h1-6,13,19H,8-10H2. The van der Waals surface area contributed by atoms with Crippen molar-refractivity contribution in [3.8, 4) is 11.8 Å². The predicted molar refractivity (Wildman–Crippen MR) is 76.1 cm³/mol. The average Bonchev–Trinajstić information content (AvgIpc) is 2.98. The number of furan rings is 1. The molecule has 1 amide bonds. The number of rotatable bonds is 4. The molecule has 6 nitrogen and oxygen atoms in total. The highest BCUT2D eigenvalue weighted by molar-refractivity contribution is 5.93. The van der Waals surface area contributed by atoms with Gasteiger partial charge >= 0.3 is 0 Å². The molecular weight excluding hydrogens is 284 g/mol. The van der Waals surface area contributed by atoms with Gasteiger partial charge in [0.25, 0.3) is 5.91 Å². The highest BCUT2D eigenvalue weighted by atomic mass is 16.5. The highest BCUT2D eigenvalue weighted by Crippen LogP contribution is 2.20. The molecule has 1 aromatic heterocycles. The minimum absolute atomic E-state index is 0.169. The molecule has 1 aliphatic rings. The van der Waals surface area contributed by atoms with Crippen LogP contribution in [0.4, 0.5) is 0 Å². The van der Waals surface area contributed by atoms with Crippen molar-refractivity contribution in [2.45, 2.75) is 12.7 Å². The van der Waals surface area contributed by atoms with Gasteiger partial charge in [-0.2, -0.15) is 5.26 Å². The maximum atomic E-state index is 12.2. The van der Waals surface area contributed by atoms with Crippen molar-refractivity contribution in [1.29, 1.82) is 5.26 Å². The van der Waals surface area contributed by atoms with Crippen LogP contribution in [-0.2, 0) is 6.61 Å². The van der Waals surface area contributed by atoms with E-state index < -0.39 is 6.10 Å². The summed E-state index contributed by atoms with van der Waals surface area (Å²) in [5.41, 5.74) is 1.14. The quantitative estimate of drug-likeness (QED) is 0.925. The normalized spacial score (nSPS) is 14.3. The van der Waals surface area contributed by atoms with Crippen LogP contribution in [0.15, 0.2) is 41.0 Å². The Morgan fingerprint density at radius 2 is 2.27 bits per heavy atom. The lowest BCUT2D eigenvalue weighted by Crippen LogP contribution is -2.53. The third kappa shape index (κ3) is 2.80. The number of likely N-dealkylation sites (tertiary alicyclic amines) is 1. The van der Waals surface area contributed by atoms with Gasteiger partial charge in [0.05, 0.1) is 24.0 Å². The fourth-order valence-corrected chi connectivity index (χ4v) is 2.22. The summed E-state index contributed by atoms with van der Waals surface area (Å²) in [5, 5.41) is 18.1. The Hall–Kier alpha value is -2.78. The van der Waals surface area contributed by atoms with Gasteiger partial charge in [0.15, 0.2) is 5.76 Å². The predicted octanol–water partition coefficient (Wildman–Crippen LogP) is 1.55. The summed E-state index contributed by atoms with van der Waals surface area (Å²) in [6.45, 7) is 0.816. The molecule has 2 heterocycles. The van der Waals surface area contributed by atoms with Crippen LogP contribution in [0.2, 0.25) is 0 Å². The summed E-state index contributed by atoms with van der Waals surface area (Å²) in [4.78, 5) is 13.7. The first-order chi connectivity index (χ1) is 10.7. The first kappa shape index (κ1) is 14.2. The van der Waals surface area contributed by atoms with Crippen LogP contribution in [0, 0.1) is 11.3 Å². The van der Waals surface area contributed by atoms with E-state index in [1.54, 1.807) is 30.3 Å². The number of carbonyl (C=O) groups is 1. The average molecular weight is 298 g/mol. The number of aliphatic hydroxyl groups excluding tert-OH is 1. The SMILES string of the molecule is N#Cc1cccc(OCc2ccoc2C(=O)N2CC(O)C2)c1. The third-order valence-electron chi connectivity index (χ3n) is 3.45. The number of nitriles is 1. The van der Waals surface area contributed by atoms with E-state index in [2.05, 4.69) is 0 Å². The van der Waals surface area contributed by atoms with Crippen molar-refractivity contribution < 1.29 is 19.1 Å². The van der Waals surface area contributed by atoms with E-state index in [9.17, 15) is 9.90 Å². The molecule has 0 atom stereocenters. The molecule has 0 radical (unpaired) electrons. The van der Waals surface area contributed by atoms with Crippen LogP contribution >= 0.6 is 0 Å². The number of ether oxygens (including phenoxy) is 1. The number of nitrogens with zero attached hydrogens (tertiary/aromatic N) is 2. The molecule has 6 heteroatoms. The molecule has 3 rings (SSSR count). The molecule has 2 aromatic rings. The second kappa shape index (κ2) is 5.92. The number of hydrogen-bond acceptors (Lipinski definition) is 5. The first-order valence-electron chi connectivity index (χ1n) is 6.84. The van der Waals surface area contributed by atoms with Crippen LogP contribution < -0.4 is 4.74 Å². The zero-order valence-electron chi connectivity index (χ0n) is 11.7. The first-order valence-corrected chi connectivity index (χ1v) is 6.84. The Labute approximate surface area is 127 Å². The van der Waals surface area contributed by atoms with E-state index in [0.29, 0.717) is 30.0 Å². The van der Waals surface area contributed by atoms with Gasteiger partial charge in [-0.15, -0.1) is 0 Å². The summed E-state index contributed by atoms with van der Waals surface area (Å²) in [7, 11) is 0. The number of benzene rings is 1. The van der Waals surface area contributed by atoms with Crippen molar-refractivity contribution in [3.05, 3.63) is 53.5 Å². The van der Waals surface area contributed by atoms with Crippen LogP contribution in [0.3, 0.4) is 0 Å². The number of aliphatic hydroxyl groups is 1. The van der Waals surface area contributed by atoms with E-state index in [1.165, 1.54) is 11.2 Å². The summed E-state index contributed by atoms with van der Waals surface area (Å²) in [5.74, 6) is 0.529. The molecule has 0 bridgehead atoms. The maximum absolute atomic E-state index is 12.2. The Kier molecular flexibility index (Phi) is 3.81. The minimum atomic E-state index is -0.452. The van der Waals surface area contributed by atoms with Crippen molar-refractivity contribution in [1.82, 2.24) is 4.90 Å². The minimum Gasteiger partial charge on any atom is -0.489 e. The zero-order chi connectivity index (χ0) is 15.5. The highest BCUT2D eigenvalue weighted by Gasteiger charge is 2.32. The van der Waals surface area contributed by atoms with Crippen molar-refractivity contribution in [3.63, 3.8) is 0 Å². The molecule has 0 aliphatic carbocycles. The Morgan fingerprint density at radius 3 is 3.00 bits per heavy atom. The van der Waals surface area contributed by atoms with E-state index in [-0.39, 0.29) is 18.3 Å². The lowest BCUT2D eigenvalue weighted by molar-refractivity contribution is 0.00373. The molecular formula is C16H14N2O4. The number of amides is 1. The number of carbonyl (C=O) groups excluding carboxylic acids is 1. The van der Waals surface area contributed by atoms with Crippen LogP contribution in [0.5, 0.6) is 5.75 Å². The van der Waals surface area contributed by atoms with E-state index in [4.69, 9.17) is 14.4 Å². The lowest BCUT2D eigenvalue weighted by atomic mass is 10.1. The van der Waals surface area contributed by atoms with Gasteiger partial charge in [-0.1, -0.05) is 6.07 Å². The van der Waals surface area contributed by atoms with Gasteiger partial charge in [-0.05, 0) is 24.3 Å². The molecule has 112 valence electrons. The topological polar surface area (TPSA) is 86.7 Å². The van der Waals surface area contributed by atoms with Crippen LogP contribution in [0.25, 0.3) is 0 Å². The second-order valence-corrected chi connectivity index (χ2v) is 5.07. The van der Waals surface area contributed by atoms with E-state index in [1.807, 2.05) is 6.07 Å². The van der Waals surface area contributed by atoms with Crippen LogP contribution in [0.1, 0.15) is 21.7 Å². The monoisotopic (exact) mass is 298 g/mol. The molecule has 1 aliphatic heterocycles. The summed E-state index contributed by atoms with van der Waals surface area (Å²) >= 11 is 0. The second-order valence-electron chi connectivity index (χ2n) is 5.07. The van der Waals surface area contributed by atoms with Crippen molar-refractivity contribution in [2.75, 3.05) is 13.1 Å². The Balaban J connectivity index is 1.67. The van der Waals surface area contributed by atoms with Gasteiger partial charge in [-0.3, -0.25) is 4.79 Å². The fourth-order valence-electron chi connectivity index (χ4n) is 2.22. The van der Waals surface area contributed by atoms with Gasteiger partial charge in [0.2, 0.25) is 0 Å². The zero-order valence-corrected chi connectivity index (χ0v) is 11.7. The molecule has 0 spiro atoms. The summed E-state index contributed by atoms with van der Waals surface area (Å²) < 4.78 is 10.9. The largest absolute Gasteiger partial charge is 0.489 e. The Morgan fingerprint density at radius 1 is 1.45 bits per heavy atom. The molecule has 1 saturated heterocycles. The fraction of sp³-hybridized carbons (Fsp3) is 0.250. The van der Waals surface area contributed by atoms with Gasteiger partial charge in [0, 0.05) is 18.7 Å². The third-order valence-corrected chi connectivity index (χ3v) is 3.45. The molecule has 22 heavy (non-hydrogen) atoms. The smallest absolute Gasteiger partial charge is 0.290 e.